The fourth-order valence-corrected chi connectivity index (χ4v) is 14.5. The minimum Gasteiger partial charge on any atom is -0.311 e. The highest BCUT2D eigenvalue weighted by atomic mass is 15.2. The lowest BCUT2D eigenvalue weighted by molar-refractivity contribution is 0.403. The predicted molar refractivity (Wildman–Crippen MR) is 331 cm³/mol. The van der Waals surface area contributed by atoms with Crippen LogP contribution in [0.5, 0.6) is 0 Å². The second kappa shape index (κ2) is 16.8. The van der Waals surface area contributed by atoms with E-state index < -0.39 is 0 Å². The van der Waals surface area contributed by atoms with Gasteiger partial charge in [0, 0.05) is 45.5 Å². The maximum absolute atomic E-state index is 2.71. The summed E-state index contributed by atoms with van der Waals surface area (Å²) in [6.45, 7) is 47.6. The molecule has 11 rings (SSSR count). The van der Waals surface area contributed by atoms with Crippen LogP contribution in [0.1, 0.15) is 196 Å². The maximum atomic E-state index is 2.71. The van der Waals surface area contributed by atoms with Crippen LogP contribution in [0.2, 0.25) is 0 Å². The normalized spacial score (nSPS) is 17.7. The molecule has 0 unspecified atom stereocenters. The number of nitrogens with zero attached hydrogens (tertiary/aromatic N) is 3. The van der Waals surface area contributed by atoms with Gasteiger partial charge in [0.05, 0.1) is 5.69 Å². The van der Waals surface area contributed by atoms with Gasteiger partial charge in [-0.2, -0.15) is 0 Å². The largest absolute Gasteiger partial charge is 0.311 e. The van der Waals surface area contributed by atoms with E-state index in [0.29, 0.717) is 0 Å². The first-order valence-electron chi connectivity index (χ1n) is 28.5. The molecule has 3 nitrogen and oxygen atoms in total. The van der Waals surface area contributed by atoms with Gasteiger partial charge in [-0.05, 0) is 190 Å². The van der Waals surface area contributed by atoms with Crippen molar-refractivity contribution in [2.24, 2.45) is 0 Å². The van der Waals surface area contributed by atoms with E-state index in [9.17, 15) is 0 Å². The van der Waals surface area contributed by atoms with Crippen LogP contribution < -0.4 is 31.1 Å². The average molecular weight is 1000 g/mol. The summed E-state index contributed by atoms with van der Waals surface area (Å²) in [4.78, 5) is 7.86. The lowest BCUT2D eigenvalue weighted by atomic mass is 9.33. The van der Waals surface area contributed by atoms with Crippen molar-refractivity contribution in [2.75, 3.05) is 14.7 Å². The Labute approximate surface area is 459 Å². The third kappa shape index (κ3) is 8.46. The molecule has 0 N–H and O–H groups in total. The van der Waals surface area contributed by atoms with Gasteiger partial charge in [0.15, 0.2) is 0 Å². The molecule has 2 aliphatic heterocycles. The van der Waals surface area contributed by atoms with E-state index in [2.05, 4.69) is 287 Å². The van der Waals surface area contributed by atoms with Crippen molar-refractivity contribution >= 4 is 74.3 Å². The maximum Gasteiger partial charge on any atom is 0.252 e. The van der Waals surface area contributed by atoms with Gasteiger partial charge in [-0.3, -0.25) is 0 Å². The molecule has 0 bridgehead atoms. The van der Waals surface area contributed by atoms with Gasteiger partial charge in [0.1, 0.15) is 0 Å². The van der Waals surface area contributed by atoms with Crippen LogP contribution in [0.25, 0.3) is 0 Å². The van der Waals surface area contributed by atoms with Crippen molar-refractivity contribution in [3.8, 4) is 0 Å². The molecule has 0 atom stereocenters. The summed E-state index contributed by atoms with van der Waals surface area (Å²) in [5.41, 5.74) is 26.3. The van der Waals surface area contributed by atoms with Crippen LogP contribution >= 0.6 is 0 Å². The van der Waals surface area contributed by atoms with Crippen LogP contribution in [-0.4, -0.2) is 6.71 Å². The summed E-state index contributed by atoms with van der Waals surface area (Å²) >= 11 is 0. The number of hydrogen-bond acceptors (Lipinski definition) is 3. The lowest BCUT2D eigenvalue weighted by Crippen LogP contribution is -2.61. The van der Waals surface area contributed by atoms with Gasteiger partial charge in [-0.15, -0.1) is 0 Å². The van der Waals surface area contributed by atoms with E-state index in [1.807, 2.05) is 0 Å². The van der Waals surface area contributed by atoms with Crippen LogP contribution in [0, 0.1) is 0 Å². The average Bonchev–Trinajstić information content (AvgIpc) is 3.80. The first-order valence-corrected chi connectivity index (χ1v) is 28.5. The Morgan fingerprint density at radius 3 is 1.20 bits per heavy atom. The van der Waals surface area contributed by atoms with Gasteiger partial charge in [-0.1, -0.05) is 199 Å². The van der Waals surface area contributed by atoms with Crippen LogP contribution in [0.15, 0.2) is 133 Å². The van der Waals surface area contributed by atoms with Crippen molar-refractivity contribution in [2.45, 2.75) is 195 Å². The Morgan fingerprint density at radius 2 is 0.724 bits per heavy atom. The van der Waals surface area contributed by atoms with E-state index in [4.69, 9.17) is 0 Å². The fourth-order valence-electron chi connectivity index (χ4n) is 14.5. The Bertz CT molecular complexity index is 3390. The van der Waals surface area contributed by atoms with E-state index in [1.54, 1.807) is 0 Å². The number of benzene rings is 7. The Morgan fingerprint density at radius 1 is 0.342 bits per heavy atom. The number of rotatable bonds is 5. The topological polar surface area (TPSA) is 9.72 Å². The molecule has 7 aromatic rings. The van der Waals surface area contributed by atoms with Gasteiger partial charge in [0.2, 0.25) is 0 Å². The summed E-state index contributed by atoms with van der Waals surface area (Å²) in [5, 5.41) is 0. The Hall–Kier alpha value is -6.00. The molecule has 0 saturated carbocycles. The molecule has 0 amide bonds. The minimum atomic E-state index is -0.0504. The quantitative estimate of drug-likeness (QED) is 0.159. The molecule has 392 valence electrons. The Kier molecular flexibility index (Phi) is 11.5. The summed E-state index contributed by atoms with van der Waals surface area (Å²) in [5.74, 6) is 0. The van der Waals surface area contributed by atoms with E-state index in [-0.39, 0.29) is 50.0 Å². The third-order valence-electron chi connectivity index (χ3n) is 18.2. The first kappa shape index (κ1) is 52.1. The SMILES string of the molecule is CC(C)(C)c1ccc(N(c2ccc(C(C)(C)C)cc2)c2cc3c4c(c2)N(c2ccc5c(c2)C(C)(C)CC5(C)C)c2cc5c(cc2B4c2cc(C(C)(C)C)ccc2N3c2ccc(C(C)(C)C)cc2)C(C)(C)CC5(C)C)cc1. The second-order valence-corrected chi connectivity index (χ2v) is 30.3. The van der Waals surface area contributed by atoms with Gasteiger partial charge >= 0.3 is 0 Å². The van der Waals surface area contributed by atoms with Crippen LogP contribution in [0.3, 0.4) is 0 Å². The molecule has 0 spiro atoms. The predicted octanol–water partition coefficient (Wildman–Crippen LogP) is 18.3. The molecule has 2 heterocycles. The molecule has 7 aromatic carbocycles. The van der Waals surface area contributed by atoms with Gasteiger partial charge in [-0.25, -0.2) is 0 Å². The Balaban J connectivity index is 1.29. The van der Waals surface area contributed by atoms with Gasteiger partial charge < -0.3 is 14.7 Å². The monoisotopic (exact) mass is 1000 g/mol. The van der Waals surface area contributed by atoms with E-state index >= 15 is 0 Å². The first-order chi connectivity index (χ1) is 35.2. The zero-order valence-electron chi connectivity index (χ0n) is 50.0. The van der Waals surface area contributed by atoms with Gasteiger partial charge in [0.25, 0.3) is 6.71 Å². The highest BCUT2D eigenvalue weighted by molar-refractivity contribution is 7.00. The lowest BCUT2D eigenvalue weighted by Gasteiger charge is -2.46. The van der Waals surface area contributed by atoms with E-state index in [1.165, 1.54) is 95.0 Å². The zero-order valence-corrected chi connectivity index (χ0v) is 50.0. The number of hydrogen-bond donors (Lipinski definition) is 0. The van der Waals surface area contributed by atoms with Crippen molar-refractivity contribution in [1.29, 1.82) is 0 Å². The molecule has 4 aliphatic rings. The van der Waals surface area contributed by atoms with E-state index in [0.717, 1.165) is 29.9 Å². The molecule has 4 heteroatoms. The molecule has 2 aliphatic carbocycles. The summed E-state index contributed by atoms with van der Waals surface area (Å²) in [6.07, 6.45) is 2.22. The second-order valence-electron chi connectivity index (χ2n) is 30.3. The molecule has 76 heavy (non-hydrogen) atoms. The molecule has 0 aromatic heterocycles. The summed E-state index contributed by atoms with van der Waals surface area (Å²) in [7, 11) is 0. The highest BCUT2D eigenvalue weighted by Gasteiger charge is 2.49. The smallest absolute Gasteiger partial charge is 0.252 e. The van der Waals surface area contributed by atoms with Crippen LogP contribution in [-0.2, 0) is 43.3 Å². The summed E-state index contributed by atoms with van der Waals surface area (Å²) in [6, 6.07) is 53.7. The number of anilines is 9. The molecule has 0 saturated heterocycles. The molecule has 0 fully saturated rings. The molecular formula is C72H86BN3. The number of fused-ring (bicyclic) bond motifs is 6. The van der Waals surface area contributed by atoms with Crippen molar-refractivity contribution in [3.05, 3.63) is 178 Å². The fraction of sp³-hybridized carbons (Fsp3) is 0.417. The summed E-state index contributed by atoms with van der Waals surface area (Å²) < 4.78 is 0. The van der Waals surface area contributed by atoms with Crippen LogP contribution in [0.4, 0.5) is 51.2 Å². The zero-order chi connectivity index (χ0) is 54.8. The highest BCUT2D eigenvalue weighted by Crippen LogP contribution is 2.56. The third-order valence-corrected chi connectivity index (χ3v) is 18.2. The van der Waals surface area contributed by atoms with Crippen molar-refractivity contribution in [1.82, 2.24) is 0 Å². The van der Waals surface area contributed by atoms with Crippen molar-refractivity contribution < 1.29 is 0 Å². The standard InChI is InChI=1S/C72H86BN3/c1-65(2,3)45-21-28-49(29-22-45)74(50-30-23-46(24-31-50)66(4,5)6)53-39-62-64-63(40-53)76(52-34-35-54-55(38-52)70(15,16)43-69(54,13)14)61-42-57-56(71(17,18)44-72(57,19)20)41-59(61)73(64)58-37-48(68(10,11)12)27-36-60(58)75(62)51-32-25-47(26-33-51)67(7,8)9/h21-42H,43-44H2,1-20H3. The molecule has 0 radical (unpaired) electrons. The molecular weight excluding hydrogens is 918 g/mol. The minimum absolute atomic E-state index is 0.00585. The van der Waals surface area contributed by atoms with Crippen molar-refractivity contribution in [3.63, 3.8) is 0 Å².